The smallest absolute Gasteiger partial charge is 0.405 e. The monoisotopic (exact) mass is 494 g/mol. The van der Waals surface area contributed by atoms with Gasteiger partial charge in [0.25, 0.3) is 5.91 Å². The van der Waals surface area contributed by atoms with Crippen LogP contribution in [0.5, 0.6) is 11.5 Å². The molecule has 0 heterocycles. The topological polar surface area (TPSA) is 109 Å². The molecular formula is C25H33F3N4O3. The van der Waals surface area contributed by atoms with Crippen molar-refractivity contribution in [2.75, 3.05) is 25.5 Å². The van der Waals surface area contributed by atoms with E-state index in [1.165, 1.54) is 19.2 Å². The number of benzene rings is 2. The highest BCUT2D eigenvalue weighted by Crippen LogP contribution is 2.35. The van der Waals surface area contributed by atoms with Crippen molar-refractivity contribution in [1.82, 2.24) is 5.32 Å². The maximum atomic E-state index is 12.5. The third kappa shape index (κ3) is 8.17. The average Bonchev–Trinajstić information content (AvgIpc) is 2.81. The van der Waals surface area contributed by atoms with Gasteiger partial charge in [-0.1, -0.05) is 31.9 Å². The van der Waals surface area contributed by atoms with E-state index in [0.29, 0.717) is 18.8 Å². The van der Waals surface area contributed by atoms with Crippen LogP contribution in [-0.4, -0.2) is 43.6 Å². The molecule has 10 heteroatoms. The number of rotatable bonds is 12. The van der Waals surface area contributed by atoms with Crippen LogP contribution in [-0.2, 0) is 6.54 Å². The second-order valence-corrected chi connectivity index (χ2v) is 8.09. The summed E-state index contributed by atoms with van der Waals surface area (Å²) in [7, 11) is 1.26. The van der Waals surface area contributed by atoms with Gasteiger partial charge in [-0.25, -0.2) is 0 Å². The summed E-state index contributed by atoms with van der Waals surface area (Å²) in [4.78, 5) is 16.6. The molecule has 2 rings (SSSR count). The highest BCUT2D eigenvalue weighted by Gasteiger charge is 2.29. The van der Waals surface area contributed by atoms with E-state index in [1.54, 1.807) is 11.5 Å². The maximum Gasteiger partial charge on any atom is 0.405 e. The molecule has 192 valence electrons. The van der Waals surface area contributed by atoms with Gasteiger partial charge < -0.3 is 26.2 Å². The van der Waals surface area contributed by atoms with Crippen LogP contribution >= 0.6 is 0 Å². The van der Waals surface area contributed by atoms with Gasteiger partial charge in [0, 0.05) is 23.5 Å². The van der Waals surface area contributed by atoms with E-state index >= 15 is 0 Å². The first-order valence-corrected chi connectivity index (χ1v) is 11.4. The summed E-state index contributed by atoms with van der Waals surface area (Å²) in [6.07, 6.45) is 0.268. The molecule has 35 heavy (non-hydrogen) atoms. The highest BCUT2D eigenvalue weighted by atomic mass is 19.4. The summed E-state index contributed by atoms with van der Waals surface area (Å²) in [5, 5.41) is 15.4. The number of nitrogens with zero attached hydrogens (tertiary/aromatic N) is 1. The second-order valence-electron chi connectivity index (χ2n) is 8.09. The van der Waals surface area contributed by atoms with Crippen LogP contribution in [0.3, 0.4) is 0 Å². The van der Waals surface area contributed by atoms with E-state index in [4.69, 9.17) is 10.5 Å². The minimum absolute atomic E-state index is 0.0697. The number of aliphatic imine (C=N–C) groups is 1. The Hall–Kier alpha value is -3.27. The molecule has 0 radical (unpaired) electrons. The molecule has 0 aliphatic carbocycles. The third-order valence-corrected chi connectivity index (χ3v) is 5.49. The Balaban J connectivity index is 2.36. The number of amides is 1. The van der Waals surface area contributed by atoms with Crippen LogP contribution in [0.15, 0.2) is 35.3 Å². The number of halogens is 3. The summed E-state index contributed by atoms with van der Waals surface area (Å²) in [6.45, 7) is 3.39. The molecule has 0 aliphatic rings. The second kappa shape index (κ2) is 13.0. The predicted octanol–water partition coefficient (Wildman–Crippen LogP) is 5.26. The summed E-state index contributed by atoms with van der Waals surface area (Å²) in [6, 6.07) is 8.64. The highest BCUT2D eigenvalue weighted by molar-refractivity contribution is 6.00. The molecule has 5 N–H and O–H groups in total. The molecule has 1 unspecified atom stereocenters. The number of carbonyl (C=O) groups excluding carboxylic acids is 1. The Morgan fingerprint density at radius 3 is 2.63 bits per heavy atom. The van der Waals surface area contributed by atoms with Crippen molar-refractivity contribution >= 4 is 23.5 Å². The fourth-order valence-electron chi connectivity index (χ4n) is 3.67. The standard InChI is InChI=1S/C25H33F3N4O3/c1-4-6-7-17(13-29)16-8-9-20(18(10-16)14-30-5-2)32-19-11-21(33)23(22(12-19)35-3)24(34)31-15-25(26,27)28/h5,8-12,17,32-33H,4,6-7,13-15,29H2,1-3H3,(H,31,34)/b30-5-. The summed E-state index contributed by atoms with van der Waals surface area (Å²) >= 11 is 0. The lowest BCUT2D eigenvalue weighted by molar-refractivity contribution is -0.123. The van der Waals surface area contributed by atoms with Crippen molar-refractivity contribution in [2.45, 2.75) is 51.7 Å². The molecule has 0 saturated carbocycles. The Morgan fingerprint density at radius 2 is 2.03 bits per heavy atom. The molecule has 0 fully saturated rings. The number of hydrogen-bond donors (Lipinski definition) is 4. The van der Waals surface area contributed by atoms with Gasteiger partial charge in [-0.15, -0.1) is 0 Å². The van der Waals surface area contributed by atoms with Crippen molar-refractivity contribution in [3.05, 3.63) is 47.0 Å². The molecule has 0 saturated heterocycles. The zero-order chi connectivity index (χ0) is 26.0. The number of phenolic OH excluding ortho intramolecular Hbond substituents is 1. The number of methoxy groups -OCH3 is 1. The van der Waals surface area contributed by atoms with Gasteiger partial charge in [0.1, 0.15) is 23.6 Å². The first kappa shape index (κ1) is 28.0. The van der Waals surface area contributed by atoms with Gasteiger partial charge in [-0.2, -0.15) is 13.2 Å². The first-order valence-electron chi connectivity index (χ1n) is 11.4. The quantitative estimate of drug-likeness (QED) is 0.301. The van der Waals surface area contributed by atoms with Gasteiger partial charge >= 0.3 is 6.18 Å². The molecule has 0 aromatic heterocycles. The number of carbonyl (C=O) groups is 1. The zero-order valence-corrected chi connectivity index (χ0v) is 20.2. The molecular weight excluding hydrogens is 461 g/mol. The first-order chi connectivity index (χ1) is 16.6. The molecule has 7 nitrogen and oxygen atoms in total. The molecule has 0 aliphatic heterocycles. The van der Waals surface area contributed by atoms with Crippen LogP contribution in [0.2, 0.25) is 0 Å². The summed E-state index contributed by atoms with van der Waals surface area (Å²) in [5.74, 6) is -1.45. The fourth-order valence-corrected chi connectivity index (χ4v) is 3.67. The van der Waals surface area contributed by atoms with Crippen molar-refractivity contribution < 1.29 is 27.8 Å². The molecule has 2 aromatic rings. The SMILES string of the molecule is C/C=N\Cc1cc(C(CN)CCCC)ccc1Nc1cc(O)c(C(=O)NCC(F)(F)F)c(OC)c1. The number of unbranched alkanes of at least 4 members (excludes halogenated alkanes) is 1. The zero-order valence-electron chi connectivity index (χ0n) is 20.2. The number of alkyl halides is 3. The van der Waals surface area contributed by atoms with Crippen LogP contribution < -0.4 is 21.1 Å². The lowest BCUT2D eigenvalue weighted by Gasteiger charge is -2.19. The molecule has 0 spiro atoms. The average molecular weight is 495 g/mol. The van der Waals surface area contributed by atoms with Gasteiger partial charge in [-0.05, 0) is 49.2 Å². The van der Waals surface area contributed by atoms with E-state index < -0.39 is 24.4 Å². The van der Waals surface area contributed by atoms with E-state index in [0.717, 1.165) is 36.1 Å². The minimum atomic E-state index is -4.58. The predicted molar refractivity (Wildman–Crippen MR) is 132 cm³/mol. The fraction of sp³-hybridized carbons (Fsp3) is 0.440. The normalized spacial score (nSPS) is 12.5. The van der Waals surface area contributed by atoms with Gasteiger partial charge in [0.15, 0.2) is 0 Å². The van der Waals surface area contributed by atoms with E-state index in [-0.39, 0.29) is 17.2 Å². The number of nitrogens with two attached hydrogens (primary N) is 1. The van der Waals surface area contributed by atoms with Crippen LogP contribution in [0.25, 0.3) is 0 Å². The van der Waals surface area contributed by atoms with Gasteiger partial charge in [0.05, 0.1) is 13.7 Å². The summed E-state index contributed by atoms with van der Waals surface area (Å²) in [5.41, 5.74) is 8.76. The minimum Gasteiger partial charge on any atom is -0.507 e. The maximum absolute atomic E-state index is 12.5. The van der Waals surface area contributed by atoms with Crippen LogP contribution in [0.1, 0.15) is 60.5 Å². The number of hydrogen-bond acceptors (Lipinski definition) is 6. The molecule has 2 aromatic carbocycles. The number of phenols is 1. The van der Waals surface area contributed by atoms with Crippen molar-refractivity contribution in [3.63, 3.8) is 0 Å². The number of aromatic hydroxyl groups is 1. The van der Waals surface area contributed by atoms with Crippen LogP contribution in [0.4, 0.5) is 24.5 Å². The number of ether oxygens (including phenoxy) is 1. The Kier molecular flexibility index (Phi) is 10.4. The van der Waals surface area contributed by atoms with Gasteiger partial charge in [-0.3, -0.25) is 9.79 Å². The van der Waals surface area contributed by atoms with Crippen molar-refractivity contribution in [3.8, 4) is 11.5 Å². The van der Waals surface area contributed by atoms with Crippen LogP contribution in [0, 0.1) is 0 Å². The Bertz CT molecular complexity index is 1030. The van der Waals surface area contributed by atoms with Crippen molar-refractivity contribution in [2.24, 2.45) is 10.7 Å². The van der Waals surface area contributed by atoms with E-state index in [1.807, 2.05) is 19.1 Å². The summed E-state index contributed by atoms with van der Waals surface area (Å²) < 4.78 is 42.6. The molecule has 0 bridgehead atoms. The van der Waals surface area contributed by atoms with Gasteiger partial charge in [0.2, 0.25) is 0 Å². The lowest BCUT2D eigenvalue weighted by Crippen LogP contribution is -2.33. The third-order valence-electron chi connectivity index (χ3n) is 5.49. The number of nitrogens with one attached hydrogen (secondary N) is 2. The van der Waals surface area contributed by atoms with Crippen molar-refractivity contribution in [1.29, 1.82) is 0 Å². The Labute approximate surface area is 203 Å². The Morgan fingerprint density at radius 1 is 1.29 bits per heavy atom. The molecule has 1 amide bonds. The molecule has 1 atom stereocenters. The number of anilines is 2. The van der Waals surface area contributed by atoms with E-state index in [2.05, 4.69) is 23.3 Å². The largest absolute Gasteiger partial charge is 0.507 e. The van der Waals surface area contributed by atoms with E-state index in [9.17, 15) is 23.1 Å². The lowest BCUT2D eigenvalue weighted by atomic mass is 9.92.